The molecule has 2 heterocycles. The van der Waals surface area contributed by atoms with Crippen LogP contribution < -0.4 is 43.1 Å². The highest BCUT2D eigenvalue weighted by molar-refractivity contribution is 5.40. The van der Waals surface area contributed by atoms with E-state index < -0.39 is 4.92 Å². The van der Waals surface area contributed by atoms with Gasteiger partial charge in [0, 0.05) is 12.1 Å². The van der Waals surface area contributed by atoms with E-state index in [0.29, 0.717) is 6.67 Å². The lowest BCUT2D eigenvalue weighted by atomic mass is 10.3. The largest absolute Gasteiger partial charge is 1.00 e. The average molecular weight is 431 g/mol. The first-order chi connectivity index (χ1) is 9.72. The molecule has 0 aliphatic carbocycles. The van der Waals surface area contributed by atoms with Gasteiger partial charge in [-0.25, -0.2) is 4.57 Å². The molecule has 0 aliphatic rings. The zero-order chi connectivity index (χ0) is 13.9. The third-order valence-corrected chi connectivity index (χ3v) is 2.98. The smallest absolute Gasteiger partial charge is 0.269 e. The minimum absolute atomic E-state index is 0. The Hall–Kier alpha value is -2.00. The van der Waals surface area contributed by atoms with Crippen LogP contribution in [0.5, 0.6) is 0 Å². The Bertz CT molecular complexity index is 725. The molecule has 2 aromatic heterocycles. The van der Waals surface area contributed by atoms with Gasteiger partial charge in [-0.15, -0.1) is 0 Å². The van der Waals surface area contributed by atoms with E-state index in [1.807, 2.05) is 51.1 Å². The monoisotopic (exact) mass is 429 g/mol. The van der Waals surface area contributed by atoms with Gasteiger partial charge >= 0.3 is 0 Å². The highest BCUT2D eigenvalue weighted by Crippen LogP contribution is 2.14. The fourth-order valence-corrected chi connectivity index (χ4v) is 1.97. The molecule has 0 amide bonds. The van der Waals surface area contributed by atoms with Crippen LogP contribution in [0.3, 0.4) is 0 Å². The predicted molar refractivity (Wildman–Crippen MR) is 69.0 cm³/mol. The number of H-pyrrole nitrogens is 1. The van der Waals surface area contributed by atoms with Crippen molar-refractivity contribution in [2.24, 2.45) is 0 Å². The van der Waals surface area contributed by atoms with Gasteiger partial charge in [0.1, 0.15) is 30.5 Å². The highest BCUT2D eigenvalue weighted by atomic mass is 79.9. The van der Waals surface area contributed by atoms with Crippen molar-refractivity contribution < 1.29 is 48.0 Å². The van der Waals surface area contributed by atoms with Gasteiger partial charge in [-0.1, -0.05) is 0 Å². The summed E-state index contributed by atoms with van der Waals surface area (Å²) < 4.78 is 5.92. The molecule has 116 valence electrons. The fourth-order valence-electron chi connectivity index (χ4n) is 1.97. The maximum absolute atomic E-state index is 10.6. The quantitative estimate of drug-likeness (QED) is 0.255. The Morgan fingerprint density at radius 2 is 1.86 bits per heavy atom. The van der Waals surface area contributed by atoms with Crippen molar-refractivity contribution >= 4 is 5.69 Å². The van der Waals surface area contributed by atoms with Gasteiger partial charge in [0.2, 0.25) is 13.0 Å². The molecule has 0 saturated heterocycles. The van der Waals surface area contributed by atoms with Crippen molar-refractivity contribution in [1.82, 2.24) is 9.55 Å². The summed E-state index contributed by atoms with van der Waals surface area (Å²) in [5.74, 6) is 0. The van der Waals surface area contributed by atoms with Crippen LogP contribution in [0.4, 0.5) is 5.69 Å². The molecule has 0 spiro atoms. The van der Waals surface area contributed by atoms with Gasteiger partial charge in [0.25, 0.3) is 12.0 Å². The van der Waals surface area contributed by atoms with Crippen LogP contribution in [0.2, 0.25) is 0 Å². The Balaban J connectivity index is 0.00000121. The van der Waals surface area contributed by atoms with Gasteiger partial charge in [-0.05, 0) is 12.1 Å². The van der Waals surface area contributed by atoms with E-state index >= 15 is 0 Å². The predicted octanol–water partition coefficient (Wildman–Crippen LogP) is -5.20. The lowest BCUT2D eigenvalue weighted by Gasteiger charge is -1.95. The molecule has 3 aromatic rings. The Morgan fingerprint density at radius 3 is 2.45 bits per heavy atom. The van der Waals surface area contributed by atoms with Crippen molar-refractivity contribution in [3.8, 4) is 5.69 Å². The molecule has 0 radical (unpaired) electrons. The minimum atomic E-state index is -0.401. The summed E-state index contributed by atoms with van der Waals surface area (Å²) in [5, 5.41) is 10.6. The van der Waals surface area contributed by atoms with Crippen LogP contribution in [-0.4, -0.2) is 14.5 Å². The first-order valence-corrected chi connectivity index (χ1v) is 6.06. The third-order valence-electron chi connectivity index (χ3n) is 2.98. The summed E-state index contributed by atoms with van der Waals surface area (Å²) in [6.07, 6.45) is 11.5. The second kappa shape index (κ2) is 7.85. The van der Waals surface area contributed by atoms with Crippen LogP contribution in [0.25, 0.3) is 5.69 Å². The number of non-ortho nitro benzene ring substituents is 1. The van der Waals surface area contributed by atoms with E-state index in [9.17, 15) is 10.1 Å². The summed E-state index contributed by atoms with van der Waals surface area (Å²) in [6, 6.07) is 6.46. The van der Waals surface area contributed by atoms with Crippen LogP contribution in [-0.2, 0) is 6.67 Å². The maximum Gasteiger partial charge on any atom is 0.269 e. The molecule has 1 N–H and O–H groups in total. The number of imidazole rings is 2. The van der Waals surface area contributed by atoms with Crippen LogP contribution >= 0.6 is 0 Å². The molecular weight excluding hydrogens is 418 g/mol. The molecule has 0 aliphatic heterocycles. The zero-order valence-electron chi connectivity index (χ0n) is 11.3. The molecule has 0 fully saturated rings. The molecule has 9 heteroatoms. The van der Waals surface area contributed by atoms with Gasteiger partial charge in [0.05, 0.1) is 4.92 Å². The molecule has 0 atom stereocenters. The van der Waals surface area contributed by atoms with Crippen molar-refractivity contribution in [3.05, 3.63) is 71.8 Å². The van der Waals surface area contributed by atoms with Crippen molar-refractivity contribution in [2.45, 2.75) is 6.67 Å². The van der Waals surface area contributed by atoms with E-state index in [1.54, 1.807) is 12.1 Å². The summed E-state index contributed by atoms with van der Waals surface area (Å²) >= 11 is 0. The first-order valence-electron chi connectivity index (χ1n) is 6.06. The number of rotatable bonds is 4. The maximum atomic E-state index is 10.6. The number of nitro benzene ring substituents is 1. The standard InChI is InChI=1S/C13H12N5O2.2BrH/c19-18(20)13-3-1-12(2-4-13)17-8-7-16(11-17)10-15-6-5-14-9-15;;/h1-9,11H,10H2;2*1H/q+1;;/p-1. The Morgan fingerprint density at radius 1 is 1.14 bits per heavy atom. The number of nitro groups is 1. The number of nitrogens with zero attached hydrogens (tertiary/aromatic N) is 4. The second-order valence-corrected chi connectivity index (χ2v) is 4.38. The Kier molecular flexibility index (Phi) is 6.44. The Labute approximate surface area is 147 Å². The lowest BCUT2D eigenvalue weighted by Crippen LogP contribution is -3.00. The van der Waals surface area contributed by atoms with Crippen LogP contribution in [0, 0.1) is 10.1 Å². The molecule has 7 nitrogen and oxygen atoms in total. The van der Waals surface area contributed by atoms with Gasteiger partial charge in [0.15, 0.2) is 0 Å². The fraction of sp³-hybridized carbons (Fsp3) is 0.0769. The molecular formula is C13H13Br2N5O2. The summed E-state index contributed by atoms with van der Waals surface area (Å²) in [6.45, 7) is 0.698. The highest BCUT2D eigenvalue weighted by Gasteiger charge is 2.10. The van der Waals surface area contributed by atoms with Gasteiger partial charge in [-0.2, -0.15) is 9.13 Å². The molecule has 0 unspecified atom stereocenters. The van der Waals surface area contributed by atoms with E-state index in [2.05, 4.69) is 4.98 Å². The molecule has 1 aromatic carbocycles. The number of hydrogen-bond acceptors (Lipinski definition) is 2. The first kappa shape index (κ1) is 18.1. The number of nitrogens with one attached hydrogen (secondary N) is 1. The van der Waals surface area contributed by atoms with Crippen LogP contribution in [0.1, 0.15) is 0 Å². The van der Waals surface area contributed by atoms with E-state index in [-0.39, 0.29) is 39.7 Å². The second-order valence-electron chi connectivity index (χ2n) is 4.38. The summed E-state index contributed by atoms with van der Waals surface area (Å²) in [7, 11) is 0. The van der Waals surface area contributed by atoms with E-state index in [4.69, 9.17) is 0 Å². The third kappa shape index (κ3) is 4.01. The van der Waals surface area contributed by atoms with Crippen molar-refractivity contribution in [2.75, 3.05) is 0 Å². The number of halogens is 2. The normalized spacial score (nSPS) is 9.64. The number of aromatic amines is 1. The van der Waals surface area contributed by atoms with Crippen LogP contribution in [0.15, 0.2) is 61.7 Å². The lowest BCUT2D eigenvalue weighted by molar-refractivity contribution is -0.912. The zero-order valence-corrected chi connectivity index (χ0v) is 14.5. The average Bonchev–Trinajstić information content (AvgIpc) is 3.11. The molecule has 22 heavy (non-hydrogen) atoms. The number of aromatic nitrogens is 4. The molecule has 0 bridgehead atoms. The number of benzene rings is 1. The topological polar surface area (TPSA) is 71.6 Å². The van der Waals surface area contributed by atoms with E-state index in [1.165, 1.54) is 12.1 Å². The van der Waals surface area contributed by atoms with Gasteiger partial charge in [-0.3, -0.25) is 15.1 Å². The summed E-state index contributed by atoms with van der Waals surface area (Å²) in [4.78, 5) is 13.2. The molecule has 0 saturated carbocycles. The number of hydrogen-bond donors (Lipinski definition) is 1. The van der Waals surface area contributed by atoms with E-state index in [0.717, 1.165) is 5.69 Å². The van der Waals surface area contributed by atoms with Crippen molar-refractivity contribution in [1.29, 1.82) is 0 Å². The van der Waals surface area contributed by atoms with Crippen molar-refractivity contribution in [3.63, 3.8) is 0 Å². The molecule has 3 rings (SSSR count). The SMILES string of the molecule is O=[N+]([O-])c1ccc(-n2cc[n+](C[n+]3cc[nH]c3)c2)cc1.[Br-].[Br-]. The minimum Gasteiger partial charge on any atom is -1.00 e. The van der Waals surface area contributed by atoms with Gasteiger partial charge < -0.3 is 34.0 Å². The summed E-state index contributed by atoms with van der Waals surface area (Å²) in [5.41, 5.74) is 0.977.